The molecule has 7 nitrogen and oxygen atoms in total. The van der Waals surface area contributed by atoms with E-state index in [0.717, 1.165) is 0 Å². The first kappa shape index (κ1) is 23.2. The number of amides is 1. The number of hydrogen-bond acceptors (Lipinski definition) is 6. The Bertz CT molecular complexity index is 1290. The van der Waals surface area contributed by atoms with Crippen LogP contribution in [0.1, 0.15) is 17.2 Å². The Morgan fingerprint density at radius 3 is 2.12 bits per heavy atom. The number of methoxy groups -OCH3 is 3. The maximum Gasteiger partial charge on any atom is 0.300 e. The molecule has 3 aromatic carbocycles. The van der Waals surface area contributed by atoms with E-state index in [9.17, 15) is 14.7 Å². The fourth-order valence-corrected chi connectivity index (χ4v) is 4.28. The van der Waals surface area contributed by atoms with Gasteiger partial charge in [-0.3, -0.25) is 14.5 Å². The number of aliphatic hydroxyl groups is 1. The highest BCUT2D eigenvalue weighted by molar-refractivity contribution is 6.52. The number of carbonyl (C=O) groups excluding carboxylic acids is 2. The van der Waals surface area contributed by atoms with Gasteiger partial charge in [0, 0.05) is 6.07 Å². The second-order valence-electron chi connectivity index (χ2n) is 7.44. The zero-order chi connectivity index (χ0) is 24.4. The van der Waals surface area contributed by atoms with Crippen LogP contribution in [0.15, 0.2) is 72.3 Å². The minimum absolute atomic E-state index is 0.0928. The summed E-state index contributed by atoms with van der Waals surface area (Å²) >= 11 is 6.21. The Balaban J connectivity index is 2.01. The molecule has 1 aliphatic heterocycles. The van der Waals surface area contributed by atoms with Crippen LogP contribution in [-0.4, -0.2) is 38.1 Å². The third-order valence-electron chi connectivity index (χ3n) is 5.63. The van der Waals surface area contributed by atoms with E-state index < -0.39 is 23.5 Å². The van der Waals surface area contributed by atoms with Gasteiger partial charge in [-0.25, -0.2) is 0 Å². The molecule has 1 aliphatic rings. The Morgan fingerprint density at radius 2 is 1.47 bits per heavy atom. The van der Waals surface area contributed by atoms with Crippen LogP contribution in [-0.2, 0) is 9.59 Å². The summed E-state index contributed by atoms with van der Waals surface area (Å²) in [6, 6.07) is 17.9. The Hall–Kier alpha value is -3.97. The van der Waals surface area contributed by atoms with Crippen LogP contribution in [0.4, 0.5) is 5.69 Å². The topological polar surface area (TPSA) is 85.3 Å². The number of benzene rings is 3. The lowest BCUT2D eigenvalue weighted by atomic mass is 9.94. The molecule has 34 heavy (non-hydrogen) atoms. The summed E-state index contributed by atoms with van der Waals surface area (Å²) in [4.78, 5) is 28.0. The number of para-hydroxylation sites is 2. The van der Waals surface area contributed by atoms with Crippen LogP contribution in [0.2, 0.25) is 5.02 Å². The van der Waals surface area contributed by atoms with E-state index in [1.54, 1.807) is 48.5 Å². The molecule has 174 valence electrons. The summed E-state index contributed by atoms with van der Waals surface area (Å²) in [5.41, 5.74) is 1.11. The minimum atomic E-state index is -0.913. The normalized spacial score (nSPS) is 17.1. The highest BCUT2D eigenvalue weighted by atomic mass is 35.5. The maximum atomic E-state index is 13.4. The van der Waals surface area contributed by atoms with Crippen LogP contribution < -0.4 is 19.1 Å². The van der Waals surface area contributed by atoms with Crippen LogP contribution >= 0.6 is 11.6 Å². The SMILES string of the molecule is COc1cc(/C(O)=C2\C(=O)C(=O)N(c3ccccc3OC)C2c2ccccc2)c(OC)cc1Cl. The minimum Gasteiger partial charge on any atom is -0.507 e. The summed E-state index contributed by atoms with van der Waals surface area (Å²) in [6.45, 7) is 0. The molecule has 1 fully saturated rings. The van der Waals surface area contributed by atoms with E-state index in [1.165, 1.54) is 38.4 Å². The fraction of sp³-hybridized carbons (Fsp3) is 0.154. The van der Waals surface area contributed by atoms with Crippen molar-refractivity contribution in [2.75, 3.05) is 26.2 Å². The third-order valence-corrected chi connectivity index (χ3v) is 5.93. The van der Waals surface area contributed by atoms with E-state index in [4.69, 9.17) is 25.8 Å². The molecular weight excluding hydrogens is 458 g/mol. The van der Waals surface area contributed by atoms with Crippen molar-refractivity contribution in [3.8, 4) is 17.2 Å². The van der Waals surface area contributed by atoms with Crippen molar-refractivity contribution < 1.29 is 28.9 Å². The monoisotopic (exact) mass is 479 g/mol. The number of ether oxygens (including phenoxy) is 3. The molecule has 1 amide bonds. The van der Waals surface area contributed by atoms with Gasteiger partial charge in [-0.2, -0.15) is 0 Å². The lowest BCUT2D eigenvalue weighted by Gasteiger charge is -2.26. The van der Waals surface area contributed by atoms with Crippen molar-refractivity contribution in [2.45, 2.75) is 6.04 Å². The second kappa shape index (κ2) is 9.49. The van der Waals surface area contributed by atoms with Gasteiger partial charge in [-0.1, -0.05) is 54.1 Å². The predicted octanol–water partition coefficient (Wildman–Crippen LogP) is 4.99. The van der Waals surface area contributed by atoms with E-state index in [2.05, 4.69) is 0 Å². The smallest absolute Gasteiger partial charge is 0.300 e. The van der Waals surface area contributed by atoms with Crippen molar-refractivity contribution in [3.63, 3.8) is 0 Å². The van der Waals surface area contributed by atoms with Gasteiger partial charge in [-0.15, -0.1) is 0 Å². The van der Waals surface area contributed by atoms with Crippen molar-refractivity contribution in [1.29, 1.82) is 0 Å². The highest BCUT2D eigenvalue weighted by Crippen LogP contribution is 2.46. The molecule has 4 rings (SSSR count). The number of hydrogen-bond donors (Lipinski definition) is 1. The maximum absolute atomic E-state index is 13.4. The molecule has 0 bridgehead atoms. The van der Waals surface area contributed by atoms with Gasteiger partial charge in [0.05, 0.1) is 49.2 Å². The molecule has 1 atom stereocenters. The average molecular weight is 480 g/mol. The standard InChI is InChI=1S/C26H22ClNO6/c1-32-19-12-8-7-11-18(19)28-23(15-9-5-4-6-10-15)22(25(30)26(28)31)24(29)16-13-21(34-3)17(27)14-20(16)33-2/h4-14,23,29H,1-3H3/b24-22+. The van der Waals surface area contributed by atoms with Crippen molar-refractivity contribution in [3.05, 3.63) is 88.5 Å². The molecule has 8 heteroatoms. The largest absolute Gasteiger partial charge is 0.507 e. The predicted molar refractivity (Wildman–Crippen MR) is 129 cm³/mol. The number of halogens is 1. The van der Waals surface area contributed by atoms with Gasteiger partial charge >= 0.3 is 0 Å². The van der Waals surface area contributed by atoms with Crippen LogP contribution in [0.5, 0.6) is 17.2 Å². The number of carbonyl (C=O) groups is 2. The molecular formula is C26H22ClNO6. The molecule has 1 unspecified atom stereocenters. The average Bonchev–Trinajstić information content (AvgIpc) is 3.13. The zero-order valence-corrected chi connectivity index (χ0v) is 19.5. The molecule has 0 aliphatic carbocycles. The molecule has 1 N–H and O–H groups in total. The van der Waals surface area contributed by atoms with Crippen molar-refractivity contribution in [1.82, 2.24) is 0 Å². The summed E-state index contributed by atoms with van der Waals surface area (Å²) in [6.07, 6.45) is 0. The first-order valence-electron chi connectivity index (χ1n) is 10.3. The van der Waals surface area contributed by atoms with Gasteiger partial charge in [-0.05, 0) is 23.8 Å². The Kier molecular flexibility index (Phi) is 6.47. The number of ketones is 1. The number of nitrogens with zero attached hydrogens (tertiary/aromatic N) is 1. The van der Waals surface area contributed by atoms with Crippen LogP contribution in [0.3, 0.4) is 0 Å². The molecule has 0 spiro atoms. The number of anilines is 1. The first-order chi connectivity index (χ1) is 16.4. The number of rotatable bonds is 6. The third kappa shape index (κ3) is 3.84. The number of Topliss-reactive ketones (excluding diaryl/α,β-unsaturated/α-hetero) is 1. The summed E-state index contributed by atoms with van der Waals surface area (Å²) < 4.78 is 16.1. The summed E-state index contributed by atoms with van der Waals surface area (Å²) in [7, 11) is 4.33. The van der Waals surface area contributed by atoms with Gasteiger partial charge in [0.2, 0.25) is 0 Å². The van der Waals surface area contributed by atoms with Crippen LogP contribution in [0, 0.1) is 0 Å². The van der Waals surface area contributed by atoms with E-state index in [1.807, 2.05) is 6.07 Å². The van der Waals surface area contributed by atoms with Crippen LogP contribution in [0.25, 0.3) is 5.76 Å². The molecule has 3 aromatic rings. The van der Waals surface area contributed by atoms with Gasteiger partial charge in [0.25, 0.3) is 11.7 Å². The molecule has 1 saturated heterocycles. The Morgan fingerprint density at radius 1 is 0.853 bits per heavy atom. The van der Waals surface area contributed by atoms with Gasteiger partial charge < -0.3 is 19.3 Å². The van der Waals surface area contributed by atoms with E-state index in [0.29, 0.717) is 17.0 Å². The van der Waals surface area contributed by atoms with E-state index in [-0.39, 0.29) is 27.7 Å². The highest BCUT2D eigenvalue weighted by Gasteiger charge is 2.48. The van der Waals surface area contributed by atoms with E-state index >= 15 is 0 Å². The van der Waals surface area contributed by atoms with Gasteiger partial charge in [0.15, 0.2) is 0 Å². The second-order valence-corrected chi connectivity index (χ2v) is 7.85. The summed E-state index contributed by atoms with van der Waals surface area (Å²) in [5.74, 6) is -1.13. The zero-order valence-electron chi connectivity index (χ0n) is 18.7. The molecule has 0 saturated carbocycles. The summed E-state index contributed by atoms with van der Waals surface area (Å²) in [5, 5.41) is 11.7. The molecule has 0 aromatic heterocycles. The lowest BCUT2D eigenvalue weighted by molar-refractivity contribution is -0.132. The number of aliphatic hydroxyl groups excluding tert-OH is 1. The quantitative estimate of drug-likeness (QED) is 0.304. The van der Waals surface area contributed by atoms with Gasteiger partial charge in [0.1, 0.15) is 23.0 Å². The first-order valence-corrected chi connectivity index (χ1v) is 10.7. The Labute approximate surface area is 201 Å². The fourth-order valence-electron chi connectivity index (χ4n) is 4.05. The molecule has 1 heterocycles. The molecule has 0 radical (unpaired) electrons. The van der Waals surface area contributed by atoms with Crippen molar-refractivity contribution >= 4 is 34.7 Å². The lowest BCUT2D eigenvalue weighted by Crippen LogP contribution is -2.29. The van der Waals surface area contributed by atoms with Crippen molar-refractivity contribution in [2.24, 2.45) is 0 Å².